The van der Waals surface area contributed by atoms with Crippen molar-refractivity contribution in [2.45, 2.75) is 19.9 Å². The highest BCUT2D eigenvalue weighted by atomic mass is 19.1. The highest BCUT2D eigenvalue weighted by Crippen LogP contribution is 2.36. The lowest BCUT2D eigenvalue weighted by molar-refractivity contribution is 0.446. The van der Waals surface area contributed by atoms with Crippen LogP contribution in [-0.2, 0) is 0 Å². The van der Waals surface area contributed by atoms with E-state index in [0.29, 0.717) is 44.4 Å². The second-order valence-electron chi connectivity index (χ2n) is 9.07. The van der Waals surface area contributed by atoms with Crippen LogP contribution >= 0.6 is 0 Å². The van der Waals surface area contributed by atoms with Crippen LogP contribution in [-0.4, -0.2) is 19.7 Å². The Morgan fingerprint density at radius 3 is 2.58 bits per heavy atom. The fourth-order valence-corrected chi connectivity index (χ4v) is 4.69. The molecule has 6 rings (SSSR count). The number of nitrogens with zero attached hydrogens (tertiary/aromatic N) is 4. The fourth-order valence-electron chi connectivity index (χ4n) is 4.69. The zero-order chi connectivity index (χ0) is 26.6. The summed E-state index contributed by atoms with van der Waals surface area (Å²) in [6.07, 6.45) is 1.31. The van der Waals surface area contributed by atoms with Gasteiger partial charge in [0.2, 0.25) is 5.43 Å². The zero-order valence-electron chi connectivity index (χ0n) is 20.4. The molecule has 38 heavy (non-hydrogen) atoms. The summed E-state index contributed by atoms with van der Waals surface area (Å²) in [6.45, 7) is 3.46. The molecule has 1 unspecified atom stereocenters. The van der Waals surface area contributed by atoms with E-state index in [4.69, 9.17) is 15.2 Å². The minimum absolute atomic E-state index is 0.176. The predicted molar refractivity (Wildman–Crippen MR) is 142 cm³/mol. The van der Waals surface area contributed by atoms with Crippen molar-refractivity contribution in [3.63, 3.8) is 0 Å². The van der Waals surface area contributed by atoms with Crippen LogP contribution in [0.3, 0.4) is 0 Å². The maximum atomic E-state index is 14.5. The average molecular weight is 510 g/mol. The third kappa shape index (κ3) is 3.71. The highest BCUT2D eigenvalue weighted by Gasteiger charge is 2.27. The zero-order valence-corrected chi connectivity index (χ0v) is 20.4. The Labute approximate surface area is 215 Å². The highest BCUT2D eigenvalue weighted by molar-refractivity contribution is 5.98. The first-order valence-electron chi connectivity index (χ1n) is 11.9. The number of hydrogen-bond donors (Lipinski definition) is 1. The van der Waals surface area contributed by atoms with Gasteiger partial charge in [0.1, 0.15) is 46.9 Å². The average Bonchev–Trinajstić information content (AvgIpc) is 3.31. The summed E-state index contributed by atoms with van der Waals surface area (Å²) in [5, 5.41) is 5.57. The summed E-state index contributed by atoms with van der Waals surface area (Å²) in [6, 6.07) is 16.8. The number of hydrogen-bond acceptors (Lipinski definition) is 6. The summed E-state index contributed by atoms with van der Waals surface area (Å²) < 4.78 is 36.6. The lowest BCUT2D eigenvalue weighted by Crippen LogP contribution is -2.16. The maximum Gasteiger partial charge on any atom is 0.200 e. The van der Waals surface area contributed by atoms with Crippen molar-refractivity contribution >= 4 is 27.8 Å². The van der Waals surface area contributed by atoms with Gasteiger partial charge in [-0.3, -0.25) is 4.79 Å². The number of aromatic nitrogens is 4. The van der Waals surface area contributed by atoms with Crippen LogP contribution in [0.5, 0.6) is 0 Å². The Kier molecular flexibility index (Phi) is 5.48. The molecule has 0 aliphatic carbocycles. The minimum Gasteiger partial charge on any atom is -0.458 e. The van der Waals surface area contributed by atoms with Crippen LogP contribution in [0.15, 0.2) is 82.3 Å². The van der Waals surface area contributed by atoms with Gasteiger partial charge >= 0.3 is 0 Å². The molecule has 0 aliphatic rings. The second kappa shape index (κ2) is 8.88. The van der Waals surface area contributed by atoms with Crippen LogP contribution in [0.1, 0.15) is 24.3 Å². The molecule has 0 spiro atoms. The molecule has 3 heterocycles. The number of rotatable bonds is 4. The van der Waals surface area contributed by atoms with Gasteiger partial charge in [0.25, 0.3) is 0 Å². The molecular weight excluding hydrogens is 488 g/mol. The van der Waals surface area contributed by atoms with Crippen LogP contribution in [0.2, 0.25) is 0 Å². The molecule has 3 aromatic heterocycles. The quantitative estimate of drug-likeness (QED) is 0.311. The lowest BCUT2D eigenvalue weighted by atomic mass is 9.99. The Balaban J connectivity index is 1.64. The first-order chi connectivity index (χ1) is 18.3. The van der Waals surface area contributed by atoms with E-state index in [0.717, 1.165) is 0 Å². The van der Waals surface area contributed by atoms with Crippen molar-refractivity contribution in [1.29, 1.82) is 0 Å². The number of fused-ring (bicyclic) bond motifs is 2. The first kappa shape index (κ1) is 23.5. The van der Waals surface area contributed by atoms with Crippen molar-refractivity contribution in [1.82, 2.24) is 19.7 Å². The second-order valence-corrected chi connectivity index (χ2v) is 9.07. The van der Waals surface area contributed by atoms with Gasteiger partial charge in [-0.25, -0.2) is 23.4 Å². The molecule has 0 bridgehead atoms. The van der Waals surface area contributed by atoms with E-state index in [-0.39, 0.29) is 28.4 Å². The van der Waals surface area contributed by atoms with Crippen LogP contribution in [0, 0.1) is 18.6 Å². The molecule has 188 valence electrons. The van der Waals surface area contributed by atoms with E-state index in [1.165, 1.54) is 30.6 Å². The van der Waals surface area contributed by atoms with E-state index in [1.807, 2.05) is 0 Å². The number of nitrogen functional groups attached to an aromatic ring is 1. The Bertz CT molecular complexity index is 1930. The molecule has 6 aromatic rings. The number of benzene rings is 3. The van der Waals surface area contributed by atoms with E-state index in [1.54, 1.807) is 61.0 Å². The SMILES string of the molecule is Cc1ccc(-c2nn(C(C)c3oc4ccccc4c(=O)c3-c3cccc(F)c3)c3ncnc(N)c23)cc1F. The molecule has 7 nitrogen and oxygen atoms in total. The van der Waals surface area contributed by atoms with Crippen LogP contribution in [0.4, 0.5) is 14.6 Å². The summed E-state index contributed by atoms with van der Waals surface area (Å²) in [7, 11) is 0. The van der Waals surface area contributed by atoms with Gasteiger partial charge in [-0.05, 0) is 55.3 Å². The van der Waals surface area contributed by atoms with Gasteiger partial charge in [0.05, 0.1) is 16.3 Å². The molecule has 0 amide bonds. The molecule has 3 aromatic carbocycles. The van der Waals surface area contributed by atoms with Crippen molar-refractivity contribution in [2.24, 2.45) is 0 Å². The van der Waals surface area contributed by atoms with Gasteiger partial charge in [-0.15, -0.1) is 0 Å². The van der Waals surface area contributed by atoms with E-state index in [2.05, 4.69) is 9.97 Å². The molecule has 0 saturated heterocycles. The molecular formula is C29H21F2N5O2. The van der Waals surface area contributed by atoms with Crippen molar-refractivity contribution < 1.29 is 13.2 Å². The van der Waals surface area contributed by atoms with E-state index >= 15 is 0 Å². The van der Waals surface area contributed by atoms with Gasteiger partial charge in [0.15, 0.2) is 5.65 Å². The topological polar surface area (TPSA) is 99.8 Å². The minimum atomic E-state index is -0.689. The Hall–Kier alpha value is -4.92. The third-order valence-electron chi connectivity index (χ3n) is 6.65. The third-order valence-corrected chi connectivity index (χ3v) is 6.65. The van der Waals surface area contributed by atoms with Crippen molar-refractivity contribution in [2.75, 3.05) is 5.73 Å². The Morgan fingerprint density at radius 1 is 0.974 bits per heavy atom. The molecule has 0 aliphatic heterocycles. The van der Waals surface area contributed by atoms with Gasteiger partial charge in [-0.1, -0.05) is 36.4 Å². The van der Waals surface area contributed by atoms with Crippen molar-refractivity contribution in [3.8, 4) is 22.4 Å². The molecule has 0 radical (unpaired) electrons. The standard InChI is InChI=1S/C29H21F2N5O2/c1-15-10-11-18(13-21(15)31)25-24-28(32)33-14-34-29(24)36(35-25)16(2)27-23(17-6-5-7-19(30)12-17)26(37)20-8-3-4-9-22(20)38-27/h3-14,16H,1-2H3,(H2,32,33,34). The Morgan fingerprint density at radius 2 is 1.79 bits per heavy atom. The number of anilines is 1. The summed E-state index contributed by atoms with van der Waals surface area (Å²) in [4.78, 5) is 22.2. The number of nitrogens with two attached hydrogens (primary N) is 1. The molecule has 2 N–H and O–H groups in total. The van der Waals surface area contributed by atoms with Gasteiger partial charge in [-0.2, -0.15) is 5.10 Å². The largest absolute Gasteiger partial charge is 0.458 e. The predicted octanol–water partition coefficient (Wildman–Crippen LogP) is 6.04. The molecule has 0 fully saturated rings. The van der Waals surface area contributed by atoms with Crippen LogP contribution < -0.4 is 11.2 Å². The van der Waals surface area contributed by atoms with Gasteiger partial charge in [0, 0.05) is 5.56 Å². The smallest absolute Gasteiger partial charge is 0.200 e. The van der Waals surface area contributed by atoms with Crippen LogP contribution in [0.25, 0.3) is 44.4 Å². The fraction of sp³-hybridized carbons (Fsp3) is 0.103. The maximum absolute atomic E-state index is 14.5. The number of halogens is 2. The normalized spacial score (nSPS) is 12.3. The van der Waals surface area contributed by atoms with Gasteiger partial charge < -0.3 is 10.2 Å². The van der Waals surface area contributed by atoms with E-state index < -0.39 is 11.9 Å². The summed E-state index contributed by atoms with van der Waals surface area (Å²) >= 11 is 0. The van der Waals surface area contributed by atoms with Crippen molar-refractivity contribution in [3.05, 3.63) is 106 Å². The molecule has 1 atom stereocenters. The first-order valence-corrected chi connectivity index (χ1v) is 11.9. The lowest BCUT2D eigenvalue weighted by Gasteiger charge is -2.17. The van der Waals surface area contributed by atoms with E-state index in [9.17, 15) is 13.6 Å². The number of para-hydroxylation sites is 1. The molecule has 0 saturated carbocycles. The molecule has 9 heteroatoms. The number of aryl methyl sites for hydroxylation is 1. The summed E-state index contributed by atoms with van der Waals surface area (Å²) in [5.41, 5.74) is 8.66. The summed E-state index contributed by atoms with van der Waals surface area (Å²) in [5.74, 6) is -0.428. The monoisotopic (exact) mass is 509 g/mol.